The van der Waals surface area contributed by atoms with Gasteiger partial charge in [0, 0.05) is 0 Å². The number of hydrogen-bond acceptors (Lipinski definition) is 5. The maximum Gasteiger partial charge on any atom is 0.0569 e. The second-order valence-corrected chi connectivity index (χ2v) is 0.995. The lowest BCUT2D eigenvalue weighted by atomic mass is 11.4. The van der Waals surface area contributed by atoms with Gasteiger partial charge in [0.2, 0.25) is 0 Å². The molecular weight excluding hydrogens is 100 g/mol. The lowest BCUT2D eigenvalue weighted by Crippen LogP contribution is -3.14. The number of quaternary nitrogens is 1. The van der Waals surface area contributed by atoms with Crippen molar-refractivity contribution in [2.75, 3.05) is 7.05 Å². The molecule has 0 bridgehead atoms. The van der Waals surface area contributed by atoms with Crippen LogP contribution >= 0.6 is 0 Å². The lowest BCUT2D eigenvalue weighted by molar-refractivity contribution is -1.15. The zero-order valence-electron chi connectivity index (χ0n) is 3.92. The summed E-state index contributed by atoms with van der Waals surface area (Å²) in [6.07, 6.45) is 0. The molecule has 5 N–H and O–H groups in total. The Labute approximate surface area is 40.6 Å². The minimum Gasteiger partial charge on any atom is -0.577 e. The van der Waals surface area contributed by atoms with Gasteiger partial charge in [-0.05, 0) is 0 Å². The van der Waals surface area contributed by atoms with Crippen LogP contribution in [0.4, 0.5) is 0 Å². The molecule has 0 saturated heterocycles. The zero-order chi connectivity index (χ0) is 5.86. The summed E-state index contributed by atoms with van der Waals surface area (Å²) in [4.78, 5) is 3.67. The topological polar surface area (TPSA) is 92.0 Å². The smallest absolute Gasteiger partial charge is 0.0569 e. The molecule has 0 aromatic rings. The average Bonchev–Trinajstić information content (AvgIpc) is 1.65. The minimum absolute atomic E-state index is 0.736. The fourth-order valence-corrected chi connectivity index (χ4v) is 0.0831. The number of rotatable bonds is 2. The van der Waals surface area contributed by atoms with Gasteiger partial charge in [-0.2, -0.15) is 5.90 Å². The van der Waals surface area contributed by atoms with E-state index in [1.165, 1.54) is 7.05 Å². The van der Waals surface area contributed by atoms with Crippen LogP contribution in [0.2, 0.25) is 0 Å². The molecule has 1 atom stereocenters. The van der Waals surface area contributed by atoms with Crippen LogP contribution in [0.25, 0.3) is 0 Å². The Kier molecular flexibility index (Phi) is 2.76. The summed E-state index contributed by atoms with van der Waals surface area (Å²) in [5.74, 6) is 9.23. The predicted octanol–water partition coefficient (Wildman–Crippen LogP) is -3.11. The summed E-state index contributed by atoms with van der Waals surface area (Å²) in [7, 11) is 1.33. The summed E-state index contributed by atoms with van der Waals surface area (Å²) in [6, 6.07) is 0. The number of nitrogens with one attached hydrogen (secondary N) is 1. The molecule has 0 amide bonds. The highest BCUT2D eigenvalue weighted by Crippen LogP contribution is 1.37. The Bertz CT molecular complexity index is 47.0. The third-order valence-corrected chi connectivity index (χ3v) is 0.389. The molecule has 0 aliphatic rings. The van der Waals surface area contributed by atoms with Crippen molar-refractivity contribution in [1.29, 1.82) is 0 Å². The summed E-state index contributed by atoms with van der Waals surface area (Å²) >= 11 is 0. The summed E-state index contributed by atoms with van der Waals surface area (Å²) in [5, 5.41) is 9.94. The van der Waals surface area contributed by atoms with Gasteiger partial charge in [-0.3, -0.25) is 0 Å². The first-order valence-corrected chi connectivity index (χ1v) is 1.57. The summed E-state index contributed by atoms with van der Waals surface area (Å²) in [5.41, 5.74) is 0. The Hall–Kier alpha value is -0.240. The number of hydrazine groups is 1. The molecule has 1 unspecified atom stereocenters. The third-order valence-electron chi connectivity index (χ3n) is 0.389. The van der Waals surface area contributed by atoms with Crippen LogP contribution < -0.4 is 17.1 Å². The number of nitrogens with zero attached hydrogens (tertiary/aromatic N) is 1. The molecular formula is CH8N4O2. The molecule has 0 spiro atoms. The molecule has 6 nitrogen and oxygen atoms in total. The van der Waals surface area contributed by atoms with E-state index in [0.717, 1.165) is 5.12 Å². The van der Waals surface area contributed by atoms with Crippen molar-refractivity contribution in [1.82, 2.24) is 5.12 Å². The van der Waals surface area contributed by atoms with Gasteiger partial charge in [0.15, 0.2) is 0 Å². The van der Waals surface area contributed by atoms with Gasteiger partial charge < -0.3 is 5.21 Å². The molecule has 44 valence electrons. The monoisotopic (exact) mass is 108 g/mol. The van der Waals surface area contributed by atoms with Gasteiger partial charge in [0.25, 0.3) is 0 Å². The Morgan fingerprint density at radius 1 is 1.86 bits per heavy atom. The summed E-state index contributed by atoms with van der Waals surface area (Å²) in [6.45, 7) is 0. The van der Waals surface area contributed by atoms with Crippen molar-refractivity contribution in [2.45, 2.75) is 0 Å². The van der Waals surface area contributed by atoms with E-state index in [2.05, 4.69) is 10.8 Å². The number of nitrogens with two attached hydrogens (primary N) is 2. The SMILES string of the molecule is CN(N)[NH+]([O-])ON. The van der Waals surface area contributed by atoms with Gasteiger partial charge in [0.1, 0.15) is 0 Å². The van der Waals surface area contributed by atoms with E-state index >= 15 is 0 Å². The van der Waals surface area contributed by atoms with Gasteiger partial charge in [-0.1, -0.05) is 10.1 Å². The molecule has 0 radical (unpaired) electrons. The zero-order valence-corrected chi connectivity index (χ0v) is 3.92. The molecule has 0 fully saturated rings. The normalized spacial score (nSPS) is 15.0. The van der Waals surface area contributed by atoms with Crippen LogP contribution in [-0.2, 0) is 4.94 Å². The highest BCUT2D eigenvalue weighted by molar-refractivity contribution is 3.92. The first kappa shape index (κ1) is 6.76. The van der Waals surface area contributed by atoms with E-state index in [9.17, 15) is 5.21 Å². The highest BCUT2D eigenvalue weighted by Gasteiger charge is 1.94. The third kappa shape index (κ3) is 2.45. The maximum absolute atomic E-state index is 9.97. The van der Waals surface area contributed by atoms with Crippen molar-refractivity contribution < 1.29 is 10.3 Å². The molecule has 0 rings (SSSR count). The maximum atomic E-state index is 9.97. The Morgan fingerprint density at radius 2 is 2.29 bits per heavy atom. The largest absolute Gasteiger partial charge is 0.577 e. The van der Waals surface area contributed by atoms with Crippen molar-refractivity contribution in [3.63, 3.8) is 0 Å². The quantitative estimate of drug-likeness (QED) is 0.257. The van der Waals surface area contributed by atoms with Gasteiger partial charge in [0.05, 0.1) is 7.05 Å². The molecule has 0 heterocycles. The van der Waals surface area contributed by atoms with Crippen LogP contribution in [0.3, 0.4) is 0 Å². The Morgan fingerprint density at radius 3 is 2.29 bits per heavy atom. The number of hydrogen-bond donors (Lipinski definition) is 3. The first-order valence-electron chi connectivity index (χ1n) is 1.57. The van der Waals surface area contributed by atoms with E-state index in [-0.39, 0.29) is 0 Å². The fourth-order valence-electron chi connectivity index (χ4n) is 0.0831. The predicted molar refractivity (Wildman–Crippen MR) is 21.6 cm³/mol. The van der Waals surface area contributed by atoms with Crippen LogP contribution in [0.15, 0.2) is 0 Å². The fraction of sp³-hybridized carbons (Fsp3) is 1.00. The summed E-state index contributed by atoms with van der Waals surface area (Å²) < 4.78 is 0. The molecule has 0 aromatic carbocycles. The van der Waals surface area contributed by atoms with E-state index in [1.807, 2.05) is 0 Å². The second kappa shape index (κ2) is 2.86. The van der Waals surface area contributed by atoms with E-state index in [0.29, 0.717) is 0 Å². The van der Waals surface area contributed by atoms with Crippen molar-refractivity contribution in [3.8, 4) is 0 Å². The van der Waals surface area contributed by atoms with Crippen molar-refractivity contribution in [2.24, 2.45) is 11.7 Å². The first-order chi connectivity index (χ1) is 3.18. The van der Waals surface area contributed by atoms with Gasteiger partial charge in [-0.15, -0.1) is 5.34 Å². The van der Waals surface area contributed by atoms with Crippen LogP contribution in [0, 0.1) is 5.21 Å². The standard InChI is InChI=1S/CH8N4O2/c1-4(2)5(6)7-3/h5H,2-3H2,1H3. The minimum atomic E-state index is -0.764. The van der Waals surface area contributed by atoms with Crippen molar-refractivity contribution in [3.05, 3.63) is 5.21 Å². The molecule has 0 saturated carbocycles. The average molecular weight is 108 g/mol. The van der Waals surface area contributed by atoms with Crippen LogP contribution in [0.1, 0.15) is 0 Å². The van der Waals surface area contributed by atoms with E-state index < -0.39 is 5.34 Å². The second-order valence-electron chi connectivity index (χ2n) is 0.995. The molecule has 0 aromatic heterocycles. The van der Waals surface area contributed by atoms with Gasteiger partial charge >= 0.3 is 0 Å². The molecule has 7 heavy (non-hydrogen) atoms. The van der Waals surface area contributed by atoms with Crippen LogP contribution in [0.5, 0.6) is 0 Å². The van der Waals surface area contributed by atoms with E-state index in [1.54, 1.807) is 0 Å². The van der Waals surface area contributed by atoms with Crippen LogP contribution in [-0.4, -0.2) is 12.2 Å². The highest BCUT2D eigenvalue weighted by atomic mass is 17.0. The molecule has 0 aliphatic heterocycles. The molecule has 0 aliphatic carbocycles. The molecule has 6 heteroatoms. The lowest BCUT2D eigenvalue weighted by Gasteiger charge is -2.19. The van der Waals surface area contributed by atoms with Gasteiger partial charge in [-0.25, -0.2) is 5.84 Å². The Balaban J connectivity index is 3.14. The van der Waals surface area contributed by atoms with Crippen molar-refractivity contribution >= 4 is 0 Å². The van der Waals surface area contributed by atoms with E-state index in [4.69, 9.17) is 5.84 Å².